The van der Waals surface area contributed by atoms with E-state index in [1.165, 1.54) is 32.1 Å². The first-order valence-electron chi connectivity index (χ1n) is 11.3. The van der Waals surface area contributed by atoms with Crippen LogP contribution in [0.15, 0.2) is 53.3 Å². The van der Waals surface area contributed by atoms with E-state index in [0.717, 1.165) is 41.5 Å². The van der Waals surface area contributed by atoms with Gasteiger partial charge in [-0.1, -0.05) is 68.5 Å². The highest BCUT2D eigenvalue weighted by atomic mass is 16.5. The minimum absolute atomic E-state index is 0.0481. The van der Waals surface area contributed by atoms with Crippen LogP contribution < -0.4 is 10.3 Å². The van der Waals surface area contributed by atoms with Gasteiger partial charge in [-0.25, -0.2) is 9.83 Å². The zero-order valence-corrected chi connectivity index (χ0v) is 18.8. The van der Waals surface area contributed by atoms with Crippen LogP contribution in [-0.2, 0) is 13.5 Å². The van der Waals surface area contributed by atoms with Crippen molar-refractivity contribution in [2.45, 2.75) is 44.9 Å². The number of aryl methyl sites for hydroxylation is 1. The second-order valence-corrected chi connectivity index (χ2v) is 8.55. The van der Waals surface area contributed by atoms with E-state index in [-0.39, 0.29) is 5.56 Å². The summed E-state index contributed by atoms with van der Waals surface area (Å²) in [5, 5.41) is 0. The van der Waals surface area contributed by atoms with E-state index in [4.69, 9.17) is 16.3 Å². The van der Waals surface area contributed by atoms with Gasteiger partial charge in [0.1, 0.15) is 11.6 Å². The Hall–Kier alpha value is -3.39. The van der Waals surface area contributed by atoms with Gasteiger partial charge in [0.15, 0.2) is 5.69 Å². The number of nitrogens with zero attached hydrogens (tertiary/aromatic N) is 3. The van der Waals surface area contributed by atoms with Crippen molar-refractivity contribution in [3.8, 4) is 28.1 Å². The van der Waals surface area contributed by atoms with Crippen molar-refractivity contribution >= 4 is 5.69 Å². The molecule has 0 aliphatic heterocycles. The third-order valence-electron chi connectivity index (χ3n) is 6.53. The molecule has 5 nitrogen and oxygen atoms in total. The highest BCUT2D eigenvalue weighted by molar-refractivity contribution is 5.81. The fourth-order valence-electron chi connectivity index (χ4n) is 4.60. The Balaban J connectivity index is 1.79. The molecule has 0 bridgehead atoms. The minimum atomic E-state index is -0.0481. The number of rotatable bonds is 6. The fraction of sp³-hybridized carbons (Fsp3) is 0.370. The van der Waals surface area contributed by atoms with E-state index in [0.29, 0.717) is 16.9 Å². The van der Waals surface area contributed by atoms with Gasteiger partial charge in [-0.15, -0.1) is 0 Å². The molecule has 1 aromatic heterocycles. The van der Waals surface area contributed by atoms with Gasteiger partial charge >= 0.3 is 0 Å². The van der Waals surface area contributed by atoms with E-state index < -0.39 is 0 Å². The molecule has 4 rings (SSSR count). The first-order valence-corrected chi connectivity index (χ1v) is 11.3. The molecule has 0 atom stereocenters. The Morgan fingerprint density at radius 2 is 1.69 bits per heavy atom. The molecule has 1 fully saturated rings. The molecule has 0 radical (unpaired) electrons. The monoisotopic (exact) mass is 427 g/mol. The molecule has 164 valence electrons. The van der Waals surface area contributed by atoms with Crippen molar-refractivity contribution in [1.29, 1.82) is 0 Å². The van der Waals surface area contributed by atoms with E-state index >= 15 is 0 Å². The molecule has 32 heavy (non-hydrogen) atoms. The topological polar surface area (TPSA) is 48.5 Å². The van der Waals surface area contributed by atoms with E-state index in [2.05, 4.69) is 4.85 Å². The zero-order valence-electron chi connectivity index (χ0n) is 18.8. The summed E-state index contributed by atoms with van der Waals surface area (Å²) >= 11 is 0. The first kappa shape index (κ1) is 21.8. The molecule has 0 N–H and O–H groups in total. The molecule has 0 spiro atoms. The van der Waals surface area contributed by atoms with Crippen molar-refractivity contribution in [3.05, 3.63) is 76.1 Å². The maximum absolute atomic E-state index is 13.6. The lowest BCUT2D eigenvalue weighted by atomic mass is 9.86. The number of hydrogen-bond donors (Lipinski definition) is 0. The fourth-order valence-corrected chi connectivity index (χ4v) is 4.60. The Labute approximate surface area is 189 Å². The third-order valence-corrected chi connectivity index (χ3v) is 6.53. The first-order chi connectivity index (χ1) is 15.6. The van der Waals surface area contributed by atoms with Gasteiger partial charge in [0.2, 0.25) is 0 Å². The van der Waals surface area contributed by atoms with E-state index in [9.17, 15) is 4.79 Å². The van der Waals surface area contributed by atoms with Crippen LogP contribution in [0, 0.1) is 12.5 Å². The van der Waals surface area contributed by atoms with Crippen molar-refractivity contribution in [2.75, 3.05) is 7.11 Å². The highest BCUT2D eigenvalue weighted by Crippen LogP contribution is 2.32. The van der Waals surface area contributed by atoms with E-state index in [1.54, 1.807) is 23.8 Å². The highest BCUT2D eigenvalue weighted by Gasteiger charge is 2.20. The number of ether oxygens (including phenoxy) is 1. The van der Waals surface area contributed by atoms with Crippen molar-refractivity contribution in [3.63, 3.8) is 0 Å². The molecule has 3 aromatic rings. The van der Waals surface area contributed by atoms with Gasteiger partial charge in [-0.2, -0.15) is 0 Å². The molecule has 1 aliphatic rings. The molecule has 0 saturated heterocycles. The Kier molecular flexibility index (Phi) is 6.70. The summed E-state index contributed by atoms with van der Waals surface area (Å²) in [6.45, 7) is 7.23. The zero-order chi connectivity index (χ0) is 22.5. The van der Waals surface area contributed by atoms with Crippen LogP contribution in [0.4, 0.5) is 5.69 Å². The van der Waals surface area contributed by atoms with Gasteiger partial charge < -0.3 is 4.74 Å². The maximum atomic E-state index is 13.6. The summed E-state index contributed by atoms with van der Waals surface area (Å²) in [7, 11) is 3.45. The van der Waals surface area contributed by atoms with E-state index in [1.807, 2.05) is 43.4 Å². The molecule has 1 aliphatic carbocycles. The standard InChI is InChI=1S/C27H29N3O2/c1-28-22-14-10-21(11-15-22)26-25(20-12-16-23(32-3)17-13-20)27(31)30(2)24(29-26)18-9-19-7-5-4-6-8-19/h10-17,19H,4-9,18H2,2-3H3. The predicted octanol–water partition coefficient (Wildman–Crippen LogP) is 6.19. The Morgan fingerprint density at radius 3 is 2.31 bits per heavy atom. The van der Waals surface area contributed by atoms with Gasteiger partial charge in [0.25, 0.3) is 5.56 Å². The smallest absolute Gasteiger partial charge is 0.261 e. The summed E-state index contributed by atoms with van der Waals surface area (Å²) < 4.78 is 6.99. The molecule has 2 aromatic carbocycles. The lowest BCUT2D eigenvalue weighted by molar-refractivity contribution is 0.336. The maximum Gasteiger partial charge on any atom is 0.261 e. The summed E-state index contributed by atoms with van der Waals surface area (Å²) in [5.74, 6) is 2.29. The molecular formula is C27H29N3O2. The molecule has 1 heterocycles. The molecule has 5 heteroatoms. The number of hydrogen-bond acceptors (Lipinski definition) is 3. The second-order valence-electron chi connectivity index (χ2n) is 8.55. The van der Waals surface area contributed by atoms with Crippen LogP contribution in [0.5, 0.6) is 5.75 Å². The predicted molar refractivity (Wildman–Crippen MR) is 128 cm³/mol. The lowest BCUT2D eigenvalue weighted by Gasteiger charge is -2.22. The second kappa shape index (κ2) is 9.82. The molecule has 1 saturated carbocycles. The third kappa shape index (κ3) is 4.60. The van der Waals surface area contributed by atoms with Crippen LogP contribution >= 0.6 is 0 Å². The molecule has 0 amide bonds. The van der Waals surface area contributed by atoms with Crippen LogP contribution in [-0.4, -0.2) is 16.7 Å². The van der Waals surface area contributed by atoms with Crippen LogP contribution in [0.25, 0.3) is 27.2 Å². The largest absolute Gasteiger partial charge is 0.497 e. The number of methoxy groups -OCH3 is 1. The Morgan fingerprint density at radius 1 is 1.03 bits per heavy atom. The van der Waals surface area contributed by atoms with Gasteiger partial charge in [-0.05, 0) is 35.6 Å². The SMILES string of the molecule is [C-]#[N+]c1ccc(-c2nc(CCC3CCCCC3)n(C)c(=O)c2-c2ccc(OC)cc2)cc1. The molecule has 0 unspecified atom stereocenters. The summed E-state index contributed by atoms with van der Waals surface area (Å²) in [6.07, 6.45) is 8.39. The normalized spacial score (nSPS) is 14.2. The van der Waals surface area contributed by atoms with Gasteiger partial charge in [-0.3, -0.25) is 9.36 Å². The average Bonchev–Trinajstić information content (AvgIpc) is 2.85. The van der Waals surface area contributed by atoms with Crippen molar-refractivity contribution in [2.24, 2.45) is 13.0 Å². The Bertz CT molecular complexity index is 1170. The number of benzene rings is 2. The van der Waals surface area contributed by atoms with Crippen molar-refractivity contribution in [1.82, 2.24) is 9.55 Å². The van der Waals surface area contributed by atoms with Crippen LogP contribution in [0.1, 0.15) is 44.3 Å². The van der Waals surface area contributed by atoms with Crippen molar-refractivity contribution < 1.29 is 4.74 Å². The average molecular weight is 428 g/mol. The minimum Gasteiger partial charge on any atom is -0.497 e. The van der Waals surface area contributed by atoms with Crippen LogP contribution in [0.2, 0.25) is 0 Å². The quantitative estimate of drug-likeness (QED) is 0.441. The lowest BCUT2D eigenvalue weighted by Crippen LogP contribution is -2.25. The molecular weight excluding hydrogens is 398 g/mol. The van der Waals surface area contributed by atoms with Gasteiger partial charge in [0.05, 0.1) is 24.9 Å². The van der Waals surface area contributed by atoms with Crippen LogP contribution in [0.3, 0.4) is 0 Å². The summed E-state index contributed by atoms with van der Waals surface area (Å²) in [4.78, 5) is 22.1. The number of aromatic nitrogens is 2. The summed E-state index contributed by atoms with van der Waals surface area (Å²) in [5.41, 5.74) is 3.43. The summed E-state index contributed by atoms with van der Waals surface area (Å²) in [6, 6.07) is 14.8. The van der Waals surface area contributed by atoms with Gasteiger partial charge in [0, 0.05) is 13.5 Å².